The van der Waals surface area contributed by atoms with Gasteiger partial charge in [-0.25, -0.2) is 8.42 Å². The van der Waals surface area contributed by atoms with Crippen LogP contribution in [0.2, 0.25) is 0 Å². The molecule has 2 fully saturated rings. The van der Waals surface area contributed by atoms with Crippen molar-refractivity contribution in [2.75, 3.05) is 55.7 Å². The number of rotatable bonds is 3. The predicted molar refractivity (Wildman–Crippen MR) is 111 cm³/mol. The van der Waals surface area contributed by atoms with Crippen LogP contribution in [0, 0.1) is 6.92 Å². The van der Waals surface area contributed by atoms with Crippen molar-refractivity contribution < 1.29 is 13.2 Å². The summed E-state index contributed by atoms with van der Waals surface area (Å²) >= 11 is 0. The average molecular weight is 396 g/mol. The monoisotopic (exact) mass is 395 g/mol. The molecule has 0 unspecified atom stereocenters. The van der Waals surface area contributed by atoms with Crippen LogP contribution in [0.4, 0.5) is 5.69 Å². The minimum atomic E-state index is -2.97. The molecule has 2 aliphatic rings. The summed E-state index contributed by atoms with van der Waals surface area (Å²) in [6, 6.07) is 5.92. The van der Waals surface area contributed by atoms with Crippen molar-refractivity contribution in [1.29, 1.82) is 0 Å². The first-order valence-corrected chi connectivity index (χ1v) is 11.8. The summed E-state index contributed by atoms with van der Waals surface area (Å²) in [7, 11) is -2.97. The fraction of sp³-hybridized carbons (Fsp3) is 0.650. The van der Waals surface area contributed by atoms with Gasteiger partial charge in [-0.05, 0) is 30.7 Å². The van der Waals surface area contributed by atoms with E-state index in [2.05, 4.69) is 30.1 Å². The molecule has 6 nitrogen and oxygen atoms in total. The number of sulfone groups is 1. The van der Waals surface area contributed by atoms with Crippen LogP contribution in [-0.4, -0.2) is 70.0 Å². The number of piperazine rings is 1. The third-order valence-corrected chi connectivity index (χ3v) is 6.53. The maximum Gasteiger partial charge on any atom is 0.253 e. The standard InChI is InChI=1S/C16H23N3O3S.C4H10/c1-13-10-14(12-15(11-13)18-4-2-17-3-5-18)16(20)19-6-8-23(21,22)9-7-19;1-3-4-2/h10-12,17H,2-9H2,1H3;3-4H2,1-2H3. The van der Waals surface area contributed by atoms with E-state index in [9.17, 15) is 13.2 Å². The Bertz CT molecular complexity index is 712. The summed E-state index contributed by atoms with van der Waals surface area (Å²) in [5, 5.41) is 3.32. The summed E-state index contributed by atoms with van der Waals surface area (Å²) < 4.78 is 23.0. The van der Waals surface area contributed by atoms with Crippen molar-refractivity contribution in [3.8, 4) is 0 Å². The third kappa shape index (κ3) is 6.50. The van der Waals surface area contributed by atoms with Gasteiger partial charge in [0.05, 0.1) is 11.5 Å². The van der Waals surface area contributed by atoms with Gasteiger partial charge in [0.15, 0.2) is 9.84 Å². The molecular weight excluding hydrogens is 362 g/mol. The van der Waals surface area contributed by atoms with E-state index >= 15 is 0 Å². The minimum absolute atomic E-state index is 0.0647. The molecule has 0 aliphatic carbocycles. The summed E-state index contributed by atoms with van der Waals surface area (Å²) in [4.78, 5) is 16.6. The maximum absolute atomic E-state index is 12.7. The number of hydrogen-bond acceptors (Lipinski definition) is 5. The van der Waals surface area contributed by atoms with Crippen LogP contribution in [0.25, 0.3) is 0 Å². The molecule has 3 rings (SSSR count). The lowest BCUT2D eigenvalue weighted by molar-refractivity contribution is 0.0770. The number of nitrogens with one attached hydrogen (secondary N) is 1. The molecule has 0 aromatic heterocycles. The van der Waals surface area contributed by atoms with Crippen molar-refractivity contribution >= 4 is 21.4 Å². The first-order valence-electron chi connectivity index (χ1n) is 9.93. The van der Waals surface area contributed by atoms with E-state index in [1.54, 1.807) is 4.90 Å². The average Bonchev–Trinajstić information content (AvgIpc) is 2.68. The van der Waals surface area contributed by atoms with Gasteiger partial charge in [0.25, 0.3) is 5.91 Å². The highest BCUT2D eigenvalue weighted by Crippen LogP contribution is 2.21. The van der Waals surface area contributed by atoms with E-state index in [0.29, 0.717) is 5.56 Å². The minimum Gasteiger partial charge on any atom is -0.369 e. The topological polar surface area (TPSA) is 69.7 Å². The van der Waals surface area contributed by atoms with Crippen LogP contribution in [0.1, 0.15) is 42.6 Å². The van der Waals surface area contributed by atoms with Gasteiger partial charge in [0.2, 0.25) is 0 Å². The van der Waals surface area contributed by atoms with E-state index in [1.165, 1.54) is 12.8 Å². The molecular formula is C20H33N3O3S. The molecule has 1 amide bonds. The van der Waals surface area contributed by atoms with E-state index in [4.69, 9.17) is 0 Å². The van der Waals surface area contributed by atoms with E-state index < -0.39 is 9.84 Å². The van der Waals surface area contributed by atoms with E-state index in [-0.39, 0.29) is 30.5 Å². The van der Waals surface area contributed by atoms with Gasteiger partial charge in [-0.3, -0.25) is 4.79 Å². The zero-order chi connectivity index (χ0) is 19.9. The number of benzene rings is 1. The highest BCUT2D eigenvalue weighted by molar-refractivity contribution is 7.91. The van der Waals surface area contributed by atoms with Gasteiger partial charge in [-0.1, -0.05) is 26.7 Å². The maximum atomic E-state index is 12.7. The molecule has 0 saturated carbocycles. The number of carbonyl (C=O) groups is 1. The Morgan fingerprint density at radius 1 is 1.00 bits per heavy atom. The number of carbonyl (C=O) groups excluding carboxylic acids is 1. The smallest absolute Gasteiger partial charge is 0.253 e. The summed E-state index contributed by atoms with van der Waals surface area (Å²) in [6.07, 6.45) is 2.64. The van der Waals surface area contributed by atoms with Crippen LogP contribution in [0.15, 0.2) is 18.2 Å². The molecule has 0 spiro atoms. The Hall–Kier alpha value is -1.60. The van der Waals surface area contributed by atoms with Crippen molar-refractivity contribution in [3.63, 3.8) is 0 Å². The van der Waals surface area contributed by atoms with Crippen LogP contribution in [0.3, 0.4) is 0 Å². The molecule has 1 aromatic rings. The third-order valence-electron chi connectivity index (χ3n) is 4.92. The summed E-state index contributed by atoms with van der Waals surface area (Å²) in [5.41, 5.74) is 2.77. The molecule has 0 bridgehead atoms. The molecule has 0 atom stereocenters. The fourth-order valence-corrected chi connectivity index (χ4v) is 4.29. The van der Waals surface area contributed by atoms with Crippen molar-refractivity contribution in [3.05, 3.63) is 29.3 Å². The van der Waals surface area contributed by atoms with Crippen molar-refractivity contribution in [2.45, 2.75) is 33.6 Å². The predicted octanol–water partition coefficient (Wildman–Crippen LogP) is 2.08. The Kier molecular flexibility index (Phi) is 8.10. The van der Waals surface area contributed by atoms with Crippen molar-refractivity contribution in [1.82, 2.24) is 10.2 Å². The van der Waals surface area contributed by atoms with Gasteiger partial charge in [0, 0.05) is 50.5 Å². The summed E-state index contributed by atoms with van der Waals surface area (Å²) in [6.45, 7) is 10.7. The van der Waals surface area contributed by atoms with Crippen LogP contribution < -0.4 is 10.2 Å². The second-order valence-corrected chi connectivity index (χ2v) is 9.54. The highest BCUT2D eigenvalue weighted by atomic mass is 32.2. The van der Waals surface area contributed by atoms with Gasteiger partial charge in [-0.2, -0.15) is 0 Å². The molecule has 7 heteroatoms. The lowest BCUT2D eigenvalue weighted by Gasteiger charge is -2.31. The number of nitrogens with zero attached hydrogens (tertiary/aromatic N) is 2. The molecule has 27 heavy (non-hydrogen) atoms. The molecule has 1 aromatic carbocycles. The highest BCUT2D eigenvalue weighted by Gasteiger charge is 2.26. The van der Waals surface area contributed by atoms with E-state index in [0.717, 1.165) is 37.4 Å². The van der Waals surface area contributed by atoms with Crippen LogP contribution >= 0.6 is 0 Å². The second-order valence-electron chi connectivity index (χ2n) is 7.24. The quantitative estimate of drug-likeness (QED) is 0.849. The molecule has 1 N–H and O–H groups in total. The number of anilines is 1. The van der Waals surface area contributed by atoms with Crippen LogP contribution in [0.5, 0.6) is 0 Å². The van der Waals surface area contributed by atoms with Crippen molar-refractivity contribution in [2.24, 2.45) is 0 Å². The molecule has 152 valence electrons. The molecule has 2 saturated heterocycles. The van der Waals surface area contributed by atoms with E-state index in [1.807, 2.05) is 19.1 Å². The van der Waals surface area contributed by atoms with Crippen LogP contribution in [-0.2, 0) is 9.84 Å². The molecule has 2 aliphatic heterocycles. The first kappa shape index (κ1) is 21.7. The number of amides is 1. The van der Waals surface area contributed by atoms with Gasteiger partial charge in [0.1, 0.15) is 0 Å². The Morgan fingerprint density at radius 2 is 1.59 bits per heavy atom. The Labute approximate surface area is 163 Å². The zero-order valence-electron chi connectivity index (χ0n) is 16.8. The number of unbranched alkanes of at least 4 members (excludes halogenated alkanes) is 1. The van der Waals surface area contributed by atoms with Gasteiger partial charge in [-0.15, -0.1) is 0 Å². The Morgan fingerprint density at radius 3 is 2.15 bits per heavy atom. The van der Waals surface area contributed by atoms with Gasteiger partial charge >= 0.3 is 0 Å². The SMILES string of the molecule is CCCC.Cc1cc(C(=O)N2CCS(=O)(=O)CC2)cc(N2CCNCC2)c1. The molecule has 0 radical (unpaired) electrons. The second kappa shape index (κ2) is 10.1. The first-order chi connectivity index (χ1) is 12.9. The molecule has 2 heterocycles. The number of aryl methyl sites for hydroxylation is 1. The Balaban J connectivity index is 0.000000596. The summed E-state index contributed by atoms with van der Waals surface area (Å²) in [5.74, 6) is 0.0599. The lowest BCUT2D eigenvalue weighted by Crippen LogP contribution is -2.44. The number of hydrogen-bond donors (Lipinski definition) is 1. The van der Waals surface area contributed by atoms with Gasteiger partial charge < -0.3 is 15.1 Å². The largest absolute Gasteiger partial charge is 0.369 e. The fourth-order valence-electron chi connectivity index (χ4n) is 3.09. The lowest BCUT2D eigenvalue weighted by atomic mass is 10.1. The zero-order valence-corrected chi connectivity index (χ0v) is 17.6. The normalized spacial score (nSPS) is 19.2.